The van der Waals surface area contributed by atoms with Crippen molar-refractivity contribution in [3.05, 3.63) is 43.1 Å². The first-order valence-electron chi connectivity index (χ1n) is 2.51. The summed E-state index contributed by atoms with van der Waals surface area (Å²) >= 11 is 0. The fraction of sp³-hybridized carbons (Fsp3) is 0.125. The molecular formula is C8H10FZn-. The number of aryl methyl sites for hydroxylation is 1. The van der Waals surface area contributed by atoms with Crippen molar-refractivity contribution in [1.29, 1.82) is 0 Å². The van der Waals surface area contributed by atoms with E-state index >= 15 is 0 Å². The molecule has 0 radical (unpaired) electrons. The molecule has 0 spiro atoms. The molecule has 0 fully saturated rings. The van der Waals surface area contributed by atoms with Crippen LogP contribution in [0, 0.1) is 20.2 Å². The van der Waals surface area contributed by atoms with Gasteiger partial charge in [-0.2, -0.15) is 0 Å². The van der Waals surface area contributed by atoms with E-state index in [1.165, 1.54) is 12.1 Å². The minimum absolute atomic E-state index is 0. The molecule has 0 saturated carbocycles. The van der Waals surface area contributed by atoms with E-state index in [9.17, 15) is 4.39 Å². The van der Waals surface area contributed by atoms with Gasteiger partial charge in [0.05, 0.1) is 0 Å². The molecule has 0 aromatic heterocycles. The smallest absolute Gasteiger partial charge is 0.123 e. The number of hydrogen-bond donors (Lipinski definition) is 0. The van der Waals surface area contributed by atoms with Gasteiger partial charge in [-0.1, -0.05) is 12.1 Å². The summed E-state index contributed by atoms with van der Waals surface area (Å²) in [5.41, 5.74) is 0.963. The zero-order valence-electron chi connectivity index (χ0n) is 6.39. The Balaban J connectivity index is 0. The average Bonchev–Trinajstić information content (AvgIpc) is 1.64. The van der Waals surface area contributed by atoms with Crippen LogP contribution < -0.4 is 0 Å². The molecule has 0 saturated heterocycles. The van der Waals surface area contributed by atoms with Gasteiger partial charge >= 0.3 is 0 Å². The van der Waals surface area contributed by atoms with Crippen LogP contribution >= 0.6 is 0 Å². The molecule has 0 unspecified atom stereocenters. The van der Waals surface area contributed by atoms with Crippen LogP contribution in [0.1, 0.15) is 5.56 Å². The van der Waals surface area contributed by atoms with E-state index in [4.69, 9.17) is 0 Å². The van der Waals surface area contributed by atoms with Crippen molar-refractivity contribution in [2.45, 2.75) is 6.92 Å². The number of rotatable bonds is 0. The van der Waals surface area contributed by atoms with E-state index in [-0.39, 0.29) is 32.7 Å². The third kappa shape index (κ3) is 3.73. The summed E-state index contributed by atoms with van der Waals surface area (Å²) < 4.78 is 12.2. The van der Waals surface area contributed by atoms with Gasteiger partial charge in [-0.25, -0.2) is 4.39 Å². The average molecular weight is 191 g/mol. The minimum atomic E-state index is -0.162. The van der Waals surface area contributed by atoms with Crippen LogP contribution in [0.15, 0.2) is 24.3 Å². The summed E-state index contributed by atoms with van der Waals surface area (Å²) in [6, 6.07) is 6.50. The van der Waals surface area contributed by atoms with Gasteiger partial charge in [-0.15, -0.1) is 0 Å². The Labute approximate surface area is 74.2 Å². The number of hydrogen-bond acceptors (Lipinski definition) is 0. The first-order chi connectivity index (χ1) is 3.79. The normalized spacial score (nSPS) is 7.40. The standard InChI is InChI=1S/C7H7F.CH3.Zn/c1-6-3-2-4-7(8)5-6;;/h2-5H,1H3;1H3;/q;-1;. The van der Waals surface area contributed by atoms with E-state index < -0.39 is 0 Å². The zero-order chi connectivity index (χ0) is 5.98. The maximum absolute atomic E-state index is 12.2. The molecule has 0 aliphatic carbocycles. The summed E-state index contributed by atoms with van der Waals surface area (Å²) in [4.78, 5) is 0. The van der Waals surface area contributed by atoms with Gasteiger partial charge in [-0.05, 0) is 24.6 Å². The van der Waals surface area contributed by atoms with E-state index in [0.717, 1.165) is 5.56 Å². The Morgan fingerprint density at radius 3 is 2.20 bits per heavy atom. The monoisotopic (exact) mass is 189 g/mol. The van der Waals surface area contributed by atoms with Gasteiger partial charge in [0, 0.05) is 19.5 Å². The number of benzene rings is 1. The first-order valence-corrected chi connectivity index (χ1v) is 2.51. The molecule has 0 bridgehead atoms. The maximum atomic E-state index is 12.2. The van der Waals surface area contributed by atoms with Crippen LogP contribution in [-0.4, -0.2) is 0 Å². The van der Waals surface area contributed by atoms with Crippen molar-refractivity contribution < 1.29 is 23.9 Å². The molecule has 2 heteroatoms. The van der Waals surface area contributed by atoms with Gasteiger partial charge in [0.25, 0.3) is 0 Å². The van der Waals surface area contributed by atoms with Crippen LogP contribution in [0.2, 0.25) is 0 Å². The van der Waals surface area contributed by atoms with E-state index in [0.29, 0.717) is 0 Å². The van der Waals surface area contributed by atoms with Crippen molar-refractivity contribution in [1.82, 2.24) is 0 Å². The molecule has 0 nitrogen and oxygen atoms in total. The summed E-state index contributed by atoms with van der Waals surface area (Å²) in [6.07, 6.45) is 0. The quantitative estimate of drug-likeness (QED) is 0.436. The zero-order valence-corrected chi connectivity index (χ0v) is 9.36. The largest absolute Gasteiger partial charge is 0.358 e. The predicted molar refractivity (Wildman–Crippen MR) is 37.6 cm³/mol. The Morgan fingerprint density at radius 2 is 1.90 bits per heavy atom. The molecule has 0 aliphatic rings. The second kappa shape index (κ2) is 5.55. The molecule has 0 N–H and O–H groups in total. The molecule has 1 aromatic carbocycles. The Morgan fingerprint density at radius 1 is 1.30 bits per heavy atom. The number of halogens is 1. The molecule has 1 aromatic rings. The molecular weight excluding hydrogens is 180 g/mol. The molecule has 0 heterocycles. The van der Waals surface area contributed by atoms with Gasteiger partial charge in [0.2, 0.25) is 0 Å². The van der Waals surface area contributed by atoms with Crippen LogP contribution in [0.3, 0.4) is 0 Å². The van der Waals surface area contributed by atoms with Gasteiger partial charge in [0.1, 0.15) is 5.82 Å². The van der Waals surface area contributed by atoms with Gasteiger partial charge < -0.3 is 7.43 Å². The fourth-order valence-electron chi connectivity index (χ4n) is 0.606. The third-order valence-electron chi connectivity index (χ3n) is 0.980. The maximum Gasteiger partial charge on any atom is 0.123 e. The second-order valence-electron chi connectivity index (χ2n) is 1.80. The molecule has 1 rings (SSSR count). The van der Waals surface area contributed by atoms with Crippen LogP contribution in [0.4, 0.5) is 4.39 Å². The SMILES string of the molecule is Cc1cccc(F)c1.[CH3-].[Zn]. The minimum Gasteiger partial charge on any atom is -0.358 e. The predicted octanol–water partition coefficient (Wildman–Crippen LogP) is 2.58. The van der Waals surface area contributed by atoms with Crippen LogP contribution in [-0.2, 0) is 19.5 Å². The second-order valence-corrected chi connectivity index (χ2v) is 1.80. The van der Waals surface area contributed by atoms with Crippen molar-refractivity contribution >= 4 is 0 Å². The van der Waals surface area contributed by atoms with Crippen molar-refractivity contribution in [2.75, 3.05) is 0 Å². The van der Waals surface area contributed by atoms with Crippen molar-refractivity contribution in [3.8, 4) is 0 Å². The third-order valence-corrected chi connectivity index (χ3v) is 0.980. The van der Waals surface area contributed by atoms with E-state index in [1.807, 2.05) is 13.0 Å². The van der Waals surface area contributed by atoms with E-state index in [1.54, 1.807) is 6.07 Å². The van der Waals surface area contributed by atoms with Crippen LogP contribution in [0.25, 0.3) is 0 Å². The molecule has 10 heavy (non-hydrogen) atoms. The van der Waals surface area contributed by atoms with Crippen LogP contribution in [0.5, 0.6) is 0 Å². The van der Waals surface area contributed by atoms with Crippen molar-refractivity contribution in [2.24, 2.45) is 0 Å². The van der Waals surface area contributed by atoms with Crippen molar-refractivity contribution in [3.63, 3.8) is 0 Å². The van der Waals surface area contributed by atoms with Gasteiger partial charge in [0.15, 0.2) is 0 Å². The summed E-state index contributed by atoms with van der Waals surface area (Å²) in [5.74, 6) is -0.162. The fourth-order valence-corrected chi connectivity index (χ4v) is 0.606. The molecule has 0 atom stereocenters. The molecule has 0 aliphatic heterocycles. The Hall–Kier alpha value is -0.227. The summed E-state index contributed by atoms with van der Waals surface area (Å²) in [5, 5.41) is 0. The van der Waals surface area contributed by atoms with Gasteiger partial charge in [-0.3, -0.25) is 0 Å². The summed E-state index contributed by atoms with van der Waals surface area (Å²) in [7, 11) is 0. The first kappa shape index (κ1) is 12.4. The Kier molecular flexibility index (Phi) is 6.91. The summed E-state index contributed by atoms with van der Waals surface area (Å²) in [6.45, 7) is 1.86. The topological polar surface area (TPSA) is 0 Å². The van der Waals surface area contributed by atoms with E-state index in [2.05, 4.69) is 0 Å². The molecule has 52 valence electrons. The Bertz CT molecular complexity index is 169. The molecule has 0 amide bonds.